The van der Waals surface area contributed by atoms with Crippen LogP contribution in [0.3, 0.4) is 0 Å². The molecule has 6 heteroatoms. The van der Waals surface area contributed by atoms with Crippen LogP contribution >= 0.6 is 11.3 Å². The van der Waals surface area contributed by atoms with Gasteiger partial charge in [0.25, 0.3) is 0 Å². The number of benzene rings is 1. The van der Waals surface area contributed by atoms with Crippen LogP contribution in [0.2, 0.25) is 0 Å². The van der Waals surface area contributed by atoms with Crippen molar-refractivity contribution in [1.29, 1.82) is 0 Å². The van der Waals surface area contributed by atoms with Gasteiger partial charge in [0.05, 0.1) is 12.8 Å². The third-order valence-corrected chi connectivity index (χ3v) is 4.11. The Bertz CT molecular complexity index is 652. The van der Waals surface area contributed by atoms with E-state index >= 15 is 0 Å². The summed E-state index contributed by atoms with van der Waals surface area (Å²) >= 11 is 1.23. The summed E-state index contributed by atoms with van der Waals surface area (Å²) in [6.07, 6.45) is 0. The first kappa shape index (κ1) is 15.2. The Morgan fingerprint density at radius 1 is 1.29 bits per heavy atom. The molecular weight excluding hydrogens is 288 g/mol. The summed E-state index contributed by atoms with van der Waals surface area (Å²) in [5.41, 5.74) is 7.91. The molecule has 1 heterocycles. The summed E-state index contributed by atoms with van der Waals surface area (Å²) in [6.45, 7) is 1.81. The molecule has 0 bridgehead atoms. The lowest BCUT2D eigenvalue weighted by Gasteiger charge is -2.13. The highest BCUT2D eigenvalue weighted by Crippen LogP contribution is 2.29. The molecule has 0 saturated heterocycles. The fraction of sp³-hybridized carbons (Fsp3) is 0.200. The number of hydrogen-bond donors (Lipinski definition) is 2. The van der Waals surface area contributed by atoms with Crippen LogP contribution in [0.5, 0.6) is 0 Å². The molecule has 0 spiro atoms. The number of amides is 1. The highest BCUT2D eigenvalue weighted by molar-refractivity contribution is 7.12. The Hall–Kier alpha value is -2.18. The van der Waals surface area contributed by atoms with Gasteiger partial charge in [0.2, 0.25) is 5.91 Å². The molecule has 110 valence electrons. The zero-order valence-corrected chi connectivity index (χ0v) is 12.6. The molecule has 0 aliphatic rings. The SMILES string of the molecule is COC(=O)c1scc(C)c1NC(=O)[C@@H](N)c1ccccc1. The zero-order chi connectivity index (χ0) is 15.4. The number of nitrogens with two attached hydrogens (primary N) is 1. The van der Waals surface area contributed by atoms with Gasteiger partial charge in [-0.05, 0) is 23.4 Å². The van der Waals surface area contributed by atoms with E-state index in [0.29, 0.717) is 16.1 Å². The number of nitrogens with one attached hydrogen (secondary N) is 1. The molecular formula is C15H16N2O3S. The lowest BCUT2D eigenvalue weighted by molar-refractivity contribution is -0.117. The van der Waals surface area contributed by atoms with Crippen molar-refractivity contribution in [3.05, 3.63) is 51.7 Å². The number of ether oxygens (including phenoxy) is 1. The maximum atomic E-state index is 12.2. The molecule has 0 aliphatic carbocycles. The minimum atomic E-state index is -0.795. The minimum Gasteiger partial charge on any atom is -0.465 e. The Kier molecular flexibility index (Phi) is 4.72. The van der Waals surface area contributed by atoms with Gasteiger partial charge >= 0.3 is 5.97 Å². The van der Waals surface area contributed by atoms with Gasteiger partial charge in [-0.25, -0.2) is 4.79 Å². The molecule has 0 saturated carbocycles. The third kappa shape index (κ3) is 3.29. The van der Waals surface area contributed by atoms with Crippen molar-refractivity contribution < 1.29 is 14.3 Å². The van der Waals surface area contributed by atoms with E-state index in [1.807, 2.05) is 25.1 Å². The molecule has 1 atom stereocenters. The number of aryl methyl sites for hydroxylation is 1. The molecule has 21 heavy (non-hydrogen) atoms. The van der Waals surface area contributed by atoms with Gasteiger partial charge in [-0.1, -0.05) is 30.3 Å². The lowest BCUT2D eigenvalue weighted by atomic mass is 10.1. The van der Waals surface area contributed by atoms with E-state index in [1.165, 1.54) is 18.4 Å². The molecule has 5 nitrogen and oxygen atoms in total. The maximum Gasteiger partial charge on any atom is 0.350 e. The van der Waals surface area contributed by atoms with E-state index in [2.05, 4.69) is 5.32 Å². The van der Waals surface area contributed by atoms with Crippen LogP contribution in [-0.2, 0) is 9.53 Å². The molecule has 1 aromatic carbocycles. The van der Waals surface area contributed by atoms with Gasteiger partial charge in [0.1, 0.15) is 10.9 Å². The van der Waals surface area contributed by atoms with E-state index in [-0.39, 0.29) is 5.91 Å². The predicted octanol–water partition coefficient (Wildman–Crippen LogP) is 2.48. The Morgan fingerprint density at radius 3 is 2.57 bits per heavy atom. The predicted molar refractivity (Wildman–Crippen MR) is 82.4 cm³/mol. The van der Waals surface area contributed by atoms with E-state index in [9.17, 15) is 9.59 Å². The van der Waals surface area contributed by atoms with Gasteiger partial charge in [-0.2, -0.15) is 0 Å². The molecule has 2 rings (SSSR count). The minimum absolute atomic E-state index is 0.364. The number of esters is 1. The summed E-state index contributed by atoms with van der Waals surface area (Å²) in [5.74, 6) is -0.843. The zero-order valence-electron chi connectivity index (χ0n) is 11.8. The molecule has 0 radical (unpaired) electrons. The van der Waals surface area contributed by atoms with Crippen molar-refractivity contribution in [1.82, 2.24) is 0 Å². The van der Waals surface area contributed by atoms with Crippen molar-refractivity contribution in [2.45, 2.75) is 13.0 Å². The summed E-state index contributed by atoms with van der Waals surface area (Å²) in [7, 11) is 1.30. The van der Waals surface area contributed by atoms with Gasteiger partial charge < -0.3 is 15.8 Å². The maximum absolute atomic E-state index is 12.2. The van der Waals surface area contributed by atoms with Crippen LogP contribution in [0.25, 0.3) is 0 Å². The van der Waals surface area contributed by atoms with Crippen LogP contribution in [-0.4, -0.2) is 19.0 Å². The Morgan fingerprint density at radius 2 is 1.95 bits per heavy atom. The third-order valence-electron chi connectivity index (χ3n) is 3.04. The first-order valence-corrected chi connectivity index (χ1v) is 7.20. The molecule has 2 aromatic rings. The number of carbonyl (C=O) groups excluding carboxylic acids is 2. The summed E-state index contributed by atoms with van der Waals surface area (Å²) < 4.78 is 4.71. The van der Waals surface area contributed by atoms with Crippen molar-refractivity contribution in [3.8, 4) is 0 Å². The second-order valence-electron chi connectivity index (χ2n) is 4.49. The Balaban J connectivity index is 2.20. The average molecular weight is 304 g/mol. The van der Waals surface area contributed by atoms with Crippen molar-refractivity contribution in [3.63, 3.8) is 0 Å². The van der Waals surface area contributed by atoms with Gasteiger partial charge in [-0.15, -0.1) is 11.3 Å². The van der Waals surface area contributed by atoms with Crippen molar-refractivity contribution in [2.75, 3.05) is 12.4 Å². The topological polar surface area (TPSA) is 81.4 Å². The van der Waals surface area contributed by atoms with E-state index in [1.54, 1.807) is 17.5 Å². The first-order valence-electron chi connectivity index (χ1n) is 6.32. The van der Waals surface area contributed by atoms with Crippen molar-refractivity contribution in [2.24, 2.45) is 5.73 Å². The molecule has 1 amide bonds. The molecule has 0 fully saturated rings. The highest BCUT2D eigenvalue weighted by atomic mass is 32.1. The van der Waals surface area contributed by atoms with Crippen LogP contribution in [0.4, 0.5) is 5.69 Å². The van der Waals surface area contributed by atoms with Crippen LogP contribution in [0.15, 0.2) is 35.7 Å². The average Bonchev–Trinajstić information content (AvgIpc) is 2.87. The van der Waals surface area contributed by atoms with Gasteiger partial charge in [0, 0.05) is 0 Å². The van der Waals surface area contributed by atoms with Crippen LogP contribution < -0.4 is 11.1 Å². The van der Waals surface area contributed by atoms with E-state index in [4.69, 9.17) is 10.5 Å². The quantitative estimate of drug-likeness (QED) is 0.850. The highest BCUT2D eigenvalue weighted by Gasteiger charge is 2.22. The standard InChI is InChI=1S/C15H16N2O3S/c1-9-8-21-13(15(19)20-2)12(9)17-14(18)11(16)10-6-4-3-5-7-10/h3-8,11H,16H2,1-2H3,(H,17,18)/t11-/m0/s1. The van der Waals surface area contributed by atoms with Crippen LogP contribution in [0.1, 0.15) is 26.8 Å². The summed E-state index contributed by atoms with van der Waals surface area (Å²) in [5, 5.41) is 4.51. The molecule has 3 N–H and O–H groups in total. The largest absolute Gasteiger partial charge is 0.465 e. The van der Waals surface area contributed by atoms with E-state index in [0.717, 1.165) is 5.56 Å². The summed E-state index contributed by atoms with van der Waals surface area (Å²) in [6, 6.07) is 8.26. The summed E-state index contributed by atoms with van der Waals surface area (Å²) in [4.78, 5) is 24.3. The molecule has 1 aromatic heterocycles. The number of methoxy groups -OCH3 is 1. The number of anilines is 1. The van der Waals surface area contributed by atoms with E-state index < -0.39 is 12.0 Å². The number of carbonyl (C=O) groups is 2. The first-order chi connectivity index (χ1) is 10.0. The molecule has 0 unspecified atom stereocenters. The second kappa shape index (κ2) is 6.51. The fourth-order valence-electron chi connectivity index (χ4n) is 1.86. The lowest BCUT2D eigenvalue weighted by Crippen LogP contribution is -2.28. The van der Waals surface area contributed by atoms with Crippen LogP contribution in [0, 0.1) is 6.92 Å². The second-order valence-corrected chi connectivity index (χ2v) is 5.37. The van der Waals surface area contributed by atoms with Gasteiger partial charge in [-0.3, -0.25) is 4.79 Å². The Labute approximate surface area is 126 Å². The van der Waals surface area contributed by atoms with Gasteiger partial charge in [0.15, 0.2) is 0 Å². The number of thiophene rings is 1. The molecule has 0 aliphatic heterocycles. The fourth-order valence-corrected chi connectivity index (χ4v) is 2.78. The normalized spacial score (nSPS) is 11.8. The number of rotatable bonds is 4. The smallest absolute Gasteiger partial charge is 0.350 e. The monoisotopic (exact) mass is 304 g/mol. The van der Waals surface area contributed by atoms with Crippen molar-refractivity contribution >= 4 is 28.9 Å². The number of hydrogen-bond acceptors (Lipinski definition) is 5.